The van der Waals surface area contributed by atoms with Crippen molar-refractivity contribution in [1.29, 1.82) is 0 Å². The Morgan fingerprint density at radius 3 is 2.06 bits per heavy atom. The molecule has 1 heterocycles. The zero-order chi connectivity index (χ0) is 13.4. The first-order valence-electron chi connectivity index (χ1n) is 5.44. The van der Waals surface area contributed by atoms with Gasteiger partial charge >= 0.3 is 5.82 Å². The summed E-state index contributed by atoms with van der Waals surface area (Å²) in [5, 5.41) is 23.8. The van der Waals surface area contributed by atoms with Gasteiger partial charge in [0.1, 0.15) is 0 Å². The SMILES string of the molecule is CC(C)(C)N=[N+]([O-])c1nn(C(C)(C)C)nc1N. The number of azo groups is 1. The zero-order valence-electron chi connectivity index (χ0n) is 11.2. The first-order valence-corrected chi connectivity index (χ1v) is 5.44. The second-order valence-electron chi connectivity index (χ2n) is 5.91. The standard InChI is InChI=1S/C10H20N6O/c1-9(2,3)14-15(17)8-7(11)12-16(13-8)10(4,5)6/h1-6H3,(H2,11,12). The molecule has 0 saturated heterocycles. The van der Waals surface area contributed by atoms with Crippen molar-refractivity contribution in [2.45, 2.75) is 52.6 Å². The highest BCUT2D eigenvalue weighted by atomic mass is 16.5. The third kappa shape index (κ3) is 3.40. The molecule has 7 nitrogen and oxygen atoms in total. The van der Waals surface area contributed by atoms with Gasteiger partial charge in [0.05, 0.1) is 16.2 Å². The van der Waals surface area contributed by atoms with Gasteiger partial charge in [0.2, 0.25) is 5.82 Å². The molecule has 1 rings (SSSR count). The Kier molecular flexibility index (Phi) is 3.13. The Hall–Kier alpha value is -1.66. The van der Waals surface area contributed by atoms with E-state index in [-0.39, 0.29) is 17.2 Å². The first kappa shape index (κ1) is 13.4. The summed E-state index contributed by atoms with van der Waals surface area (Å²) in [6.07, 6.45) is 0. The van der Waals surface area contributed by atoms with Gasteiger partial charge < -0.3 is 10.9 Å². The van der Waals surface area contributed by atoms with Crippen LogP contribution in [0.5, 0.6) is 0 Å². The van der Waals surface area contributed by atoms with Crippen molar-refractivity contribution in [2.75, 3.05) is 5.73 Å². The van der Waals surface area contributed by atoms with Crippen molar-refractivity contribution in [3.05, 3.63) is 5.21 Å². The Morgan fingerprint density at radius 2 is 1.71 bits per heavy atom. The molecule has 0 aliphatic carbocycles. The molecule has 0 unspecified atom stereocenters. The Balaban J connectivity index is 3.17. The van der Waals surface area contributed by atoms with E-state index in [0.717, 1.165) is 0 Å². The van der Waals surface area contributed by atoms with Gasteiger partial charge in [-0.05, 0) is 41.5 Å². The van der Waals surface area contributed by atoms with Crippen molar-refractivity contribution in [2.24, 2.45) is 5.11 Å². The van der Waals surface area contributed by atoms with Crippen LogP contribution in [0.4, 0.5) is 11.6 Å². The summed E-state index contributed by atoms with van der Waals surface area (Å²) in [7, 11) is 0. The molecule has 0 radical (unpaired) electrons. The van der Waals surface area contributed by atoms with Crippen LogP contribution in [0.1, 0.15) is 41.5 Å². The molecule has 1 aromatic rings. The van der Waals surface area contributed by atoms with Crippen molar-refractivity contribution in [1.82, 2.24) is 15.0 Å². The van der Waals surface area contributed by atoms with Crippen molar-refractivity contribution in [3.63, 3.8) is 0 Å². The maximum Gasteiger partial charge on any atom is 0.417 e. The highest BCUT2D eigenvalue weighted by molar-refractivity contribution is 5.44. The van der Waals surface area contributed by atoms with E-state index in [2.05, 4.69) is 15.3 Å². The van der Waals surface area contributed by atoms with Crippen molar-refractivity contribution < 1.29 is 4.86 Å². The molecular formula is C10H20N6O. The normalized spacial score (nSPS) is 14.1. The fourth-order valence-corrected chi connectivity index (χ4v) is 1.07. The number of nitrogens with zero attached hydrogens (tertiary/aromatic N) is 5. The first-order chi connectivity index (χ1) is 7.50. The molecule has 0 bridgehead atoms. The summed E-state index contributed by atoms with van der Waals surface area (Å²) < 4.78 is 0. The van der Waals surface area contributed by atoms with E-state index < -0.39 is 5.54 Å². The third-order valence-electron chi connectivity index (χ3n) is 1.79. The number of aromatic nitrogens is 3. The maximum atomic E-state index is 11.8. The summed E-state index contributed by atoms with van der Waals surface area (Å²) in [5.74, 6) is 0.123. The zero-order valence-corrected chi connectivity index (χ0v) is 11.2. The van der Waals surface area contributed by atoms with E-state index in [1.807, 2.05) is 41.5 Å². The van der Waals surface area contributed by atoms with Crippen molar-refractivity contribution in [3.8, 4) is 0 Å². The Morgan fingerprint density at radius 1 is 1.18 bits per heavy atom. The summed E-state index contributed by atoms with van der Waals surface area (Å²) in [6, 6.07) is 0. The number of hydrogen-bond donors (Lipinski definition) is 1. The number of anilines is 1. The minimum Gasteiger partial charge on any atom is -0.691 e. The highest BCUT2D eigenvalue weighted by Gasteiger charge is 2.27. The van der Waals surface area contributed by atoms with Gasteiger partial charge in [0.25, 0.3) is 0 Å². The molecule has 17 heavy (non-hydrogen) atoms. The molecule has 1 aromatic heterocycles. The van der Waals surface area contributed by atoms with Crippen LogP contribution in [0.15, 0.2) is 5.11 Å². The lowest BCUT2D eigenvalue weighted by molar-refractivity contribution is -0.453. The molecule has 0 aliphatic heterocycles. The molecule has 0 aromatic carbocycles. The van der Waals surface area contributed by atoms with Crippen LogP contribution in [-0.4, -0.2) is 25.4 Å². The van der Waals surface area contributed by atoms with Crippen LogP contribution >= 0.6 is 0 Å². The summed E-state index contributed by atoms with van der Waals surface area (Å²) in [6.45, 7) is 11.2. The highest BCUT2D eigenvalue weighted by Crippen LogP contribution is 2.21. The molecule has 0 aliphatic rings. The quantitative estimate of drug-likeness (QED) is 0.461. The van der Waals surface area contributed by atoms with Crippen LogP contribution in [0.2, 0.25) is 0 Å². The average molecular weight is 240 g/mol. The largest absolute Gasteiger partial charge is 0.691 e. The van der Waals surface area contributed by atoms with E-state index >= 15 is 0 Å². The monoisotopic (exact) mass is 240 g/mol. The molecule has 0 fully saturated rings. The Bertz CT molecular complexity index is 435. The van der Waals surface area contributed by atoms with Gasteiger partial charge in [-0.25, -0.2) is 0 Å². The predicted molar refractivity (Wildman–Crippen MR) is 64.9 cm³/mol. The summed E-state index contributed by atoms with van der Waals surface area (Å²) >= 11 is 0. The number of nitrogen functional groups attached to an aromatic ring is 1. The summed E-state index contributed by atoms with van der Waals surface area (Å²) in [4.78, 5) is 1.85. The second-order valence-corrected chi connectivity index (χ2v) is 5.91. The Labute approximate surface area is 101 Å². The van der Waals surface area contributed by atoms with E-state index in [1.54, 1.807) is 0 Å². The molecular weight excluding hydrogens is 220 g/mol. The molecule has 0 amide bonds. The second kappa shape index (κ2) is 3.97. The number of hydrogen-bond acceptors (Lipinski definition) is 5. The van der Waals surface area contributed by atoms with Gasteiger partial charge in [0, 0.05) is 0 Å². The van der Waals surface area contributed by atoms with Gasteiger partial charge in [-0.15, -0.1) is 15.1 Å². The van der Waals surface area contributed by atoms with Crippen LogP contribution in [0.3, 0.4) is 0 Å². The maximum absolute atomic E-state index is 11.8. The molecule has 0 saturated carbocycles. The summed E-state index contributed by atoms with van der Waals surface area (Å²) in [5.41, 5.74) is 4.85. The lowest BCUT2D eigenvalue weighted by atomic mass is 10.1. The van der Waals surface area contributed by atoms with E-state index in [9.17, 15) is 5.21 Å². The van der Waals surface area contributed by atoms with Gasteiger partial charge in [-0.2, -0.15) is 0 Å². The fraction of sp³-hybridized carbons (Fsp3) is 0.800. The molecule has 2 N–H and O–H groups in total. The van der Waals surface area contributed by atoms with Crippen LogP contribution in [0.25, 0.3) is 0 Å². The molecule has 7 heteroatoms. The average Bonchev–Trinajstić information content (AvgIpc) is 2.42. The smallest absolute Gasteiger partial charge is 0.417 e. The lowest BCUT2D eigenvalue weighted by Gasteiger charge is -2.13. The molecule has 96 valence electrons. The topological polar surface area (TPSA) is 95.2 Å². The third-order valence-corrected chi connectivity index (χ3v) is 1.79. The van der Waals surface area contributed by atoms with E-state index in [0.29, 0.717) is 4.86 Å². The number of rotatable bonds is 1. The minimum absolute atomic E-state index is 0.0369. The van der Waals surface area contributed by atoms with Gasteiger partial charge in [-0.3, -0.25) is 0 Å². The van der Waals surface area contributed by atoms with Crippen LogP contribution < -0.4 is 5.73 Å². The van der Waals surface area contributed by atoms with E-state index in [1.165, 1.54) is 4.80 Å². The van der Waals surface area contributed by atoms with Crippen molar-refractivity contribution >= 4 is 11.6 Å². The number of nitrogens with two attached hydrogens (primary N) is 1. The fourth-order valence-electron chi connectivity index (χ4n) is 1.07. The molecule has 0 atom stereocenters. The van der Waals surface area contributed by atoms with Gasteiger partial charge in [0.15, 0.2) is 0 Å². The minimum atomic E-state index is -0.486. The van der Waals surface area contributed by atoms with Crippen LogP contribution in [-0.2, 0) is 5.54 Å². The predicted octanol–water partition coefficient (Wildman–Crippen LogP) is 2.01. The molecule has 0 spiro atoms. The van der Waals surface area contributed by atoms with E-state index in [4.69, 9.17) is 5.73 Å². The lowest BCUT2D eigenvalue weighted by Crippen LogP contribution is -2.24. The van der Waals surface area contributed by atoms with Gasteiger partial charge in [-0.1, -0.05) is 4.80 Å². The van der Waals surface area contributed by atoms with Crippen LogP contribution in [0, 0.1) is 5.21 Å².